The molecule has 0 aliphatic carbocycles. The highest BCUT2D eigenvalue weighted by molar-refractivity contribution is 6.11. The number of aromatic amines is 1. The van der Waals surface area contributed by atoms with Crippen LogP contribution in [0.2, 0.25) is 0 Å². The van der Waals surface area contributed by atoms with Crippen LogP contribution < -0.4 is 0 Å². The first-order chi connectivity index (χ1) is 12.6. The van der Waals surface area contributed by atoms with Gasteiger partial charge < -0.3 is 14.5 Å². The van der Waals surface area contributed by atoms with E-state index < -0.39 is 11.9 Å². The molecule has 0 saturated heterocycles. The maximum atomic E-state index is 12.5. The second kappa shape index (κ2) is 7.27. The zero-order chi connectivity index (χ0) is 18.7. The number of aromatic nitrogens is 1. The molecule has 0 amide bonds. The summed E-state index contributed by atoms with van der Waals surface area (Å²) in [5.41, 5.74) is 4.03. The summed E-state index contributed by atoms with van der Waals surface area (Å²) in [5, 5.41) is 0. The Bertz CT molecular complexity index is 940. The first-order valence-corrected chi connectivity index (χ1v) is 8.12. The number of esters is 2. The van der Waals surface area contributed by atoms with Crippen molar-refractivity contribution in [3.63, 3.8) is 0 Å². The molecule has 5 heteroatoms. The van der Waals surface area contributed by atoms with Gasteiger partial charge in [-0.2, -0.15) is 0 Å². The summed E-state index contributed by atoms with van der Waals surface area (Å²) in [6.45, 7) is 1.98. The Hall–Kier alpha value is -3.34. The summed E-state index contributed by atoms with van der Waals surface area (Å²) >= 11 is 0. The Kier molecular flexibility index (Phi) is 4.89. The van der Waals surface area contributed by atoms with E-state index in [0.29, 0.717) is 11.4 Å². The minimum Gasteiger partial charge on any atom is -0.465 e. The standard InChI is InChI=1S/C21H19NO4/c1-13-9-11-15(12-10-13)19-17(21(24)26-3)16(20(23)25-2)18(22-19)14-7-5-4-6-8-14/h4-12,22H,1-3H3. The molecule has 1 N–H and O–H groups in total. The number of hydrogen-bond donors (Lipinski definition) is 1. The Morgan fingerprint density at radius 3 is 1.65 bits per heavy atom. The summed E-state index contributed by atoms with van der Waals surface area (Å²) in [4.78, 5) is 28.2. The zero-order valence-electron chi connectivity index (χ0n) is 14.8. The molecular weight excluding hydrogens is 330 g/mol. The second-order valence-corrected chi connectivity index (χ2v) is 5.84. The minimum atomic E-state index is -0.598. The lowest BCUT2D eigenvalue weighted by Gasteiger charge is -2.06. The SMILES string of the molecule is COC(=O)c1c(-c2ccccc2)[nH]c(-c2ccc(C)cc2)c1C(=O)OC. The smallest absolute Gasteiger partial charge is 0.340 e. The van der Waals surface area contributed by atoms with E-state index in [1.165, 1.54) is 14.2 Å². The van der Waals surface area contributed by atoms with Gasteiger partial charge in [0, 0.05) is 0 Å². The number of H-pyrrole nitrogens is 1. The predicted octanol–water partition coefficient (Wildman–Crippen LogP) is 4.23. The number of benzene rings is 2. The number of nitrogens with one attached hydrogen (secondary N) is 1. The maximum Gasteiger partial charge on any atom is 0.340 e. The summed E-state index contributed by atoms with van der Waals surface area (Å²) in [7, 11) is 2.58. The lowest BCUT2D eigenvalue weighted by atomic mass is 10.0. The summed E-state index contributed by atoms with van der Waals surface area (Å²) in [6, 6.07) is 17.0. The van der Waals surface area contributed by atoms with Crippen LogP contribution in [0, 0.1) is 6.92 Å². The Balaban J connectivity index is 2.33. The highest BCUT2D eigenvalue weighted by Gasteiger charge is 2.30. The van der Waals surface area contributed by atoms with Gasteiger partial charge in [-0.1, -0.05) is 60.2 Å². The number of hydrogen-bond acceptors (Lipinski definition) is 4. The molecule has 0 aliphatic rings. The van der Waals surface area contributed by atoms with Crippen LogP contribution >= 0.6 is 0 Å². The normalized spacial score (nSPS) is 10.4. The van der Waals surface area contributed by atoms with Crippen molar-refractivity contribution in [1.29, 1.82) is 0 Å². The summed E-state index contributed by atoms with van der Waals surface area (Å²) < 4.78 is 9.88. The molecule has 1 heterocycles. The van der Waals surface area contributed by atoms with Crippen LogP contribution in [0.4, 0.5) is 0 Å². The number of carbonyl (C=O) groups excluding carboxylic acids is 2. The van der Waals surface area contributed by atoms with Crippen molar-refractivity contribution in [3.8, 4) is 22.5 Å². The van der Waals surface area contributed by atoms with E-state index in [-0.39, 0.29) is 11.1 Å². The molecule has 0 unspecified atom stereocenters. The first kappa shape index (κ1) is 17.5. The average Bonchev–Trinajstić information content (AvgIpc) is 3.08. The molecule has 3 aromatic rings. The van der Waals surface area contributed by atoms with Gasteiger partial charge in [0.1, 0.15) is 11.1 Å². The molecule has 3 rings (SSSR count). The van der Waals surface area contributed by atoms with Gasteiger partial charge in [0.2, 0.25) is 0 Å². The van der Waals surface area contributed by atoms with Crippen molar-refractivity contribution in [3.05, 3.63) is 71.3 Å². The quantitative estimate of drug-likeness (QED) is 0.716. The second-order valence-electron chi connectivity index (χ2n) is 5.84. The van der Waals surface area contributed by atoms with Crippen molar-refractivity contribution >= 4 is 11.9 Å². The lowest BCUT2D eigenvalue weighted by molar-refractivity contribution is 0.0558. The molecule has 132 valence electrons. The third-order valence-corrected chi connectivity index (χ3v) is 4.18. The maximum absolute atomic E-state index is 12.5. The largest absolute Gasteiger partial charge is 0.465 e. The predicted molar refractivity (Wildman–Crippen MR) is 99.1 cm³/mol. The number of rotatable bonds is 4. The van der Waals surface area contributed by atoms with Crippen molar-refractivity contribution in [2.75, 3.05) is 14.2 Å². The summed E-state index contributed by atoms with van der Waals surface area (Å²) in [6.07, 6.45) is 0. The number of carbonyl (C=O) groups is 2. The zero-order valence-corrected chi connectivity index (χ0v) is 14.8. The average molecular weight is 349 g/mol. The third-order valence-electron chi connectivity index (χ3n) is 4.18. The highest BCUT2D eigenvalue weighted by atomic mass is 16.5. The van der Waals surface area contributed by atoms with E-state index in [4.69, 9.17) is 9.47 Å². The van der Waals surface area contributed by atoms with Gasteiger partial charge in [0.25, 0.3) is 0 Å². The summed E-state index contributed by atoms with van der Waals surface area (Å²) in [5.74, 6) is -1.20. The number of aryl methyl sites for hydroxylation is 1. The van der Waals surface area contributed by atoms with Gasteiger partial charge >= 0.3 is 11.9 Å². The van der Waals surface area contributed by atoms with Crippen LogP contribution in [0.25, 0.3) is 22.5 Å². The van der Waals surface area contributed by atoms with Gasteiger partial charge in [-0.3, -0.25) is 0 Å². The molecule has 0 radical (unpaired) electrons. The first-order valence-electron chi connectivity index (χ1n) is 8.12. The van der Waals surface area contributed by atoms with Gasteiger partial charge in [0.15, 0.2) is 0 Å². The topological polar surface area (TPSA) is 68.4 Å². The molecule has 0 saturated carbocycles. The molecule has 2 aromatic carbocycles. The number of methoxy groups -OCH3 is 2. The lowest BCUT2D eigenvalue weighted by Crippen LogP contribution is -2.11. The fraction of sp³-hybridized carbons (Fsp3) is 0.143. The van der Waals surface area contributed by atoms with E-state index >= 15 is 0 Å². The van der Waals surface area contributed by atoms with Gasteiger partial charge in [-0.25, -0.2) is 9.59 Å². The van der Waals surface area contributed by atoms with E-state index in [1.54, 1.807) is 0 Å². The molecule has 0 atom stereocenters. The van der Waals surface area contributed by atoms with Crippen molar-refractivity contribution in [2.24, 2.45) is 0 Å². The van der Waals surface area contributed by atoms with Crippen LogP contribution in [0.5, 0.6) is 0 Å². The van der Waals surface area contributed by atoms with Crippen LogP contribution in [0.3, 0.4) is 0 Å². The fourth-order valence-electron chi connectivity index (χ4n) is 2.87. The molecule has 0 fully saturated rings. The van der Waals surface area contributed by atoms with E-state index in [1.807, 2.05) is 61.5 Å². The Morgan fingerprint density at radius 1 is 0.731 bits per heavy atom. The monoisotopic (exact) mass is 349 g/mol. The highest BCUT2D eigenvalue weighted by Crippen LogP contribution is 2.35. The van der Waals surface area contributed by atoms with E-state index in [0.717, 1.165) is 16.7 Å². The molecule has 26 heavy (non-hydrogen) atoms. The van der Waals surface area contributed by atoms with Crippen molar-refractivity contribution in [1.82, 2.24) is 4.98 Å². The molecule has 0 bridgehead atoms. The molecule has 1 aromatic heterocycles. The van der Waals surface area contributed by atoms with Crippen LogP contribution in [0.15, 0.2) is 54.6 Å². The number of ether oxygens (including phenoxy) is 2. The van der Waals surface area contributed by atoms with Crippen LogP contribution in [-0.4, -0.2) is 31.1 Å². The van der Waals surface area contributed by atoms with Gasteiger partial charge in [-0.05, 0) is 18.1 Å². The molecule has 0 aliphatic heterocycles. The Labute approximate surface area is 151 Å². The van der Waals surface area contributed by atoms with Gasteiger partial charge in [0.05, 0.1) is 25.6 Å². The molecule has 0 spiro atoms. The van der Waals surface area contributed by atoms with Crippen molar-refractivity contribution < 1.29 is 19.1 Å². The fourth-order valence-corrected chi connectivity index (χ4v) is 2.87. The van der Waals surface area contributed by atoms with Crippen LogP contribution in [-0.2, 0) is 9.47 Å². The van der Waals surface area contributed by atoms with Gasteiger partial charge in [-0.15, -0.1) is 0 Å². The molecule has 5 nitrogen and oxygen atoms in total. The van der Waals surface area contributed by atoms with Crippen molar-refractivity contribution in [2.45, 2.75) is 6.92 Å². The van der Waals surface area contributed by atoms with E-state index in [2.05, 4.69) is 4.98 Å². The minimum absolute atomic E-state index is 0.168. The van der Waals surface area contributed by atoms with Crippen LogP contribution in [0.1, 0.15) is 26.3 Å². The molecular formula is C21H19NO4. The third kappa shape index (κ3) is 3.11. The Morgan fingerprint density at radius 2 is 1.19 bits per heavy atom. The van der Waals surface area contributed by atoms with E-state index in [9.17, 15) is 9.59 Å².